The average molecular weight is 258 g/mol. The van der Waals surface area contributed by atoms with Gasteiger partial charge in [-0.25, -0.2) is 0 Å². The van der Waals surface area contributed by atoms with E-state index in [1.807, 2.05) is 0 Å². The number of hydrogen-bond acceptors (Lipinski definition) is 5. The SMILES string of the molecule is N#CCCOP(=O)(O)CNCC(=O)O.O.O. The van der Waals surface area contributed by atoms with Crippen molar-refractivity contribution in [3.05, 3.63) is 0 Å². The van der Waals surface area contributed by atoms with E-state index in [4.69, 9.17) is 15.3 Å². The van der Waals surface area contributed by atoms with E-state index < -0.39 is 26.4 Å². The summed E-state index contributed by atoms with van der Waals surface area (Å²) in [6, 6.07) is 1.74. The van der Waals surface area contributed by atoms with E-state index in [-0.39, 0.29) is 24.0 Å². The van der Waals surface area contributed by atoms with Crippen molar-refractivity contribution in [3.63, 3.8) is 0 Å². The van der Waals surface area contributed by atoms with Crippen LogP contribution in [0.4, 0.5) is 0 Å². The lowest BCUT2D eigenvalue weighted by Gasteiger charge is -2.10. The summed E-state index contributed by atoms with van der Waals surface area (Å²) >= 11 is 0. The molecule has 1 atom stereocenters. The van der Waals surface area contributed by atoms with E-state index in [1.165, 1.54) is 0 Å². The number of carboxylic acid groups (broad SMARTS) is 1. The number of aliphatic carboxylic acids is 1. The Hall–Kier alpha value is -1.01. The summed E-state index contributed by atoms with van der Waals surface area (Å²) in [5.41, 5.74) is 0. The fraction of sp³-hybridized carbons (Fsp3) is 0.667. The van der Waals surface area contributed by atoms with E-state index in [9.17, 15) is 9.36 Å². The molecule has 9 nitrogen and oxygen atoms in total. The molecule has 0 aliphatic heterocycles. The molecular formula is C6H15N2O7P. The van der Waals surface area contributed by atoms with Crippen LogP contribution in [0.25, 0.3) is 0 Å². The van der Waals surface area contributed by atoms with Crippen molar-refractivity contribution in [2.75, 3.05) is 19.4 Å². The highest BCUT2D eigenvalue weighted by molar-refractivity contribution is 7.52. The lowest BCUT2D eigenvalue weighted by atomic mass is 10.5. The molecule has 0 heterocycles. The molecule has 0 radical (unpaired) electrons. The topological polar surface area (TPSA) is 183 Å². The molecule has 0 rings (SSSR count). The van der Waals surface area contributed by atoms with Gasteiger partial charge in [-0.3, -0.25) is 14.7 Å². The number of nitrogens with one attached hydrogen (secondary N) is 1. The van der Waals surface area contributed by atoms with Gasteiger partial charge in [0.25, 0.3) is 0 Å². The van der Waals surface area contributed by atoms with E-state index in [2.05, 4.69) is 9.84 Å². The summed E-state index contributed by atoms with van der Waals surface area (Å²) in [5, 5.41) is 18.6. The monoisotopic (exact) mass is 258 g/mol. The van der Waals surface area contributed by atoms with E-state index in [1.54, 1.807) is 6.07 Å². The van der Waals surface area contributed by atoms with Crippen LogP contribution in [0.5, 0.6) is 0 Å². The predicted octanol–water partition coefficient (Wildman–Crippen LogP) is -1.92. The maximum atomic E-state index is 11.0. The second-order valence-electron chi connectivity index (χ2n) is 2.36. The van der Waals surface area contributed by atoms with Gasteiger partial charge in [0, 0.05) is 0 Å². The van der Waals surface area contributed by atoms with Gasteiger partial charge in [0.15, 0.2) is 0 Å². The molecule has 0 aromatic carbocycles. The van der Waals surface area contributed by atoms with Crippen molar-refractivity contribution >= 4 is 13.6 Å². The largest absolute Gasteiger partial charge is 0.480 e. The molecular weight excluding hydrogens is 243 g/mol. The first-order chi connectivity index (χ1) is 6.48. The fourth-order valence-electron chi connectivity index (χ4n) is 0.584. The van der Waals surface area contributed by atoms with E-state index in [0.717, 1.165) is 0 Å². The highest BCUT2D eigenvalue weighted by Crippen LogP contribution is 2.40. The van der Waals surface area contributed by atoms with E-state index >= 15 is 0 Å². The predicted molar refractivity (Wildman–Crippen MR) is 53.7 cm³/mol. The minimum atomic E-state index is -3.80. The quantitative estimate of drug-likeness (QED) is 0.351. The Kier molecular flexibility index (Phi) is 13.4. The van der Waals surface area contributed by atoms with Crippen molar-refractivity contribution in [2.45, 2.75) is 6.42 Å². The maximum Gasteiger partial charge on any atom is 0.341 e. The number of nitriles is 1. The third-order valence-corrected chi connectivity index (χ3v) is 2.30. The summed E-state index contributed by atoms with van der Waals surface area (Å²) in [5.74, 6) is -1.12. The molecule has 0 saturated carbocycles. The van der Waals surface area contributed by atoms with Gasteiger partial charge >= 0.3 is 13.6 Å². The van der Waals surface area contributed by atoms with Crippen LogP contribution in [0.3, 0.4) is 0 Å². The van der Waals surface area contributed by atoms with Crippen LogP contribution in [-0.2, 0) is 13.9 Å². The van der Waals surface area contributed by atoms with Gasteiger partial charge < -0.3 is 25.5 Å². The van der Waals surface area contributed by atoms with Gasteiger partial charge in [0.05, 0.1) is 31.9 Å². The van der Waals surface area contributed by atoms with Gasteiger partial charge in [-0.05, 0) is 0 Å². The van der Waals surface area contributed by atoms with Crippen LogP contribution < -0.4 is 5.32 Å². The molecule has 0 aromatic rings. The Balaban J connectivity index is -0.000000845. The highest BCUT2D eigenvalue weighted by Gasteiger charge is 2.18. The van der Waals surface area contributed by atoms with Crippen LogP contribution in [-0.4, -0.2) is 46.4 Å². The Morgan fingerprint density at radius 2 is 2.06 bits per heavy atom. The van der Waals surface area contributed by atoms with Crippen LogP contribution >= 0.6 is 7.60 Å². The molecule has 0 aliphatic carbocycles. The summed E-state index contributed by atoms with van der Waals surface area (Å²) < 4.78 is 15.5. The van der Waals surface area contributed by atoms with Crippen molar-refractivity contribution in [3.8, 4) is 6.07 Å². The first-order valence-corrected chi connectivity index (χ1v) is 5.50. The number of carbonyl (C=O) groups is 1. The molecule has 0 fully saturated rings. The van der Waals surface area contributed by atoms with Gasteiger partial charge in [-0.1, -0.05) is 0 Å². The number of carboxylic acids is 1. The molecule has 0 saturated heterocycles. The molecule has 0 aromatic heterocycles. The Bertz CT molecular complexity index is 277. The second kappa shape index (κ2) is 10.5. The normalized spacial score (nSPS) is 12.5. The average Bonchev–Trinajstić information content (AvgIpc) is 2.03. The molecule has 0 aliphatic rings. The van der Waals surface area contributed by atoms with Gasteiger partial charge in [0.2, 0.25) is 0 Å². The zero-order valence-electron chi connectivity index (χ0n) is 8.34. The molecule has 96 valence electrons. The molecule has 1 unspecified atom stereocenters. The maximum absolute atomic E-state index is 11.0. The number of nitrogens with zero attached hydrogens (tertiary/aromatic N) is 1. The van der Waals surface area contributed by atoms with Gasteiger partial charge in [0.1, 0.15) is 0 Å². The standard InChI is InChI=1S/C6H11N2O5P.2H2O/c7-2-1-3-13-14(11,12)5-8-4-6(9)10;;/h8H,1,3-5H2,(H,9,10)(H,11,12);2*1H2. The Morgan fingerprint density at radius 3 is 2.50 bits per heavy atom. The van der Waals surface area contributed by atoms with E-state index in [0.29, 0.717) is 0 Å². The smallest absolute Gasteiger partial charge is 0.341 e. The molecule has 0 amide bonds. The van der Waals surface area contributed by atoms with Gasteiger partial charge in [-0.2, -0.15) is 5.26 Å². The third-order valence-electron chi connectivity index (χ3n) is 1.09. The first kappa shape index (κ1) is 20.4. The van der Waals surface area contributed by atoms with Crippen molar-refractivity contribution < 1.29 is 34.8 Å². The molecule has 16 heavy (non-hydrogen) atoms. The summed E-state index contributed by atoms with van der Waals surface area (Å²) in [7, 11) is -3.80. The van der Waals surface area contributed by atoms with Crippen molar-refractivity contribution in [1.82, 2.24) is 5.32 Å². The molecule has 0 bridgehead atoms. The Morgan fingerprint density at radius 1 is 1.50 bits per heavy atom. The highest BCUT2D eigenvalue weighted by atomic mass is 31.2. The molecule has 7 N–H and O–H groups in total. The van der Waals surface area contributed by atoms with Gasteiger partial charge in [-0.15, -0.1) is 0 Å². The first-order valence-electron chi connectivity index (χ1n) is 3.74. The second-order valence-corrected chi connectivity index (χ2v) is 4.21. The lowest BCUT2D eigenvalue weighted by molar-refractivity contribution is -0.135. The summed E-state index contributed by atoms with van der Waals surface area (Å²) in [6.07, 6.45) is -0.422. The summed E-state index contributed by atoms with van der Waals surface area (Å²) in [6.45, 7) is -0.550. The van der Waals surface area contributed by atoms with Crippen LogP contribution in [0.15, 0.2) is 0 Å². The van der Waals surface area contributed by atoms with Crippen LogP contribution in [0.1, 0.15) is 6.42 Å². The third kappa shape index (κ3) is 13.0. The molecule has 0 spiro atoms. The molecule has 10 heteroatoms. The Labute approximate surface area is 91.8 Å². The van der Waals surface area contributed by atoms with Crippen LogP contribution in [0, 0.1) is 11.3 Å². The zero-order chi connectivity index (χ0) is 11.0. The number of hydrogen-bond donors (Lipinski definition) is 3. The number of rotatable bonds is 7. The van der Waals surface area contributed by atoms with Crippen LogP contribution in [0.2, 0.25) is 0 Å². The minimum Gasteiger partial charge on any atom is -0.480 e. The van der Waals surface area contributed by atoms with Crippen molar-refractivity contribution in [1.29, 1.82) is 5.26 Å². The lowest BCUT2D eigenvalue weighted by Crippen LogP contribution is -2.24. The zero-order valence-corrected chi connectivity index (χ0v) is 9.24. The minimum absolute atomic E-state index is 0. The summed E-state index contributed by atoms with van der Waals surface area (Å²) in [4.78, 5) is 19.1. The van der Waals surface area contributed by atoms with Crippen molar-refractivity contribution in [2.24, 2.45) is 0 Å². The fourth-order valence-corrected chi connectivity index (χ4v) is 1.45.